The second kappa shape index (κ2) is 6.77. The van der Waals surface area contributed by atoms with Crippen LogP contribution in [0, 0.1) is 13.8 Å². The van der Waals surface area contributed by atoms with E-state index in [1.807, 2.05) is 19.9 Å². The van der Waals surface area contributed by atoms with Crippen molar-refractivity contribution in [3.8, 4) is 11.5 Å². The van der Waals surface area contributed by atoms with Crippen LogP contribution in [0.15, 0.2) is 24.3 Å². The van der Waals surface area contributed by atoms with Gasteiger partial charge in [0.25, 0.3) is 5.91 Å². The predicted molar refractivity (Wildman–Crippen MR) is 91.8 cm³/mol. The van der Waals surface area contributed by atoms with Gasteiger partial charge >= 0.3 is 0 Å². The van der Waals surface area contributed by atoms with Crippen molar-refractivity contribution in [2.75, 3.05) is 19.5 Å². The molecular weight excluding hydrogens is 292 g/mol. The fourth-order valence-electron chi connectivity index (χ4n) is 2.89. The van der Waals surface area contributed by atoms with Gasteiger partial charge in [0, 0.05) is 23.5 Å². The molecule has 5 nitrogen and oxygen atoms in total. The summed E-state index contributed by atoms with van der Waals surface area (Å²) >= 11 is 0. The fourth-order valence-corrected chi connectivity index (χ4v) is 2.89. The van der Waals surface area contributed by atoms with E-state index in [1.54, 1.807) is 32.4 Å². The quantitative estimate of drug-likeness (QED) is 0.908. The number of hydrogen-bond acceptors (Lipinski definition) is 3. The Hall–Kier alpha value is -2.43. The average Bonchev–Trinajstić information content (AvgIpc) is 2.82. The van der Waals surface area contributed by atoms with Crippen molar-refractivity contribution in [3.05, 3.63) is 41.2 Å². The first-order chi connectivity index (χ1) is 10.9. The molecule has 2 rings (SSSR count). The molecule has 1 amide bonds. The first-order valence-electron chi connectivity index (χ1n) is 7.60. The minimum absolute atomic E-state index is 0.145. The molecule has 0 spiro atoms. The zero-order chi connectivity index (χ0) is 17.1. The van der Waals surface area contributed by atoms with Crippen molar-refractivity contribution in [2.24, 2.45) is 0 Å². The van der Waals surface area contributed by atoms with E-state index >= 15 is 0 Å². The summed E-state index contributed by atoms with van der Waals surface area (Å²) in [6, 6.07) is 7.53. The van der Waals surface area contributed by atoms with Crippen LogP contribution in [0.1, 0.15) is 41.6 Å². The van der Waals surface area contributed by atoms with Crippen molar-refractivity contribution in [2.45, 2.75) is 33.7 Å². The van der Waals surface area contributed by atoms with Gasteiger partial charge in [-0.25, -0.2) is 0 Å². The van der Waals surface area contributed by atoms with Crippen LogP contribution in [0.3, 0.4) is 0 Å². The van der Waals surface area contributed by atoms with Crippen molar-refractivity contribution < 1.29 is 14.3 Å². The third kappa shape index (κ3) is 3.33. The molecule has 1 aromatic carbocycles. The summed E-state index contributed by atoms with van der Waals surface area (Å²) in [5.74, 6) is 1.10. The largest absolute Gasteiger partial charge is 0.497 e. The number of carbonyl (C=O) groups is 1. The number of hydrogen-bond donors (Lipinski definition) is 1. The molecular formula is C18H24N2O3. The Bertz CT molecular complexity index is 717. The summed E-state index contributed by atoms with van der Waals surface area (Å²) in [4.78, 5) is 12.6. The lowest BCUT2D eigenvalue weighted by atomic mass is 10.2. The lowest BCUT2D eigenvalue weighted by Gasteiger charge is -2.14. The molecule has 0 unspecified atom stereocenters. The van der Waals surface area contributed by atoms with E-state index in [0.29, 0.717) is 28.8 Å². The molecule has 2 aromatic rings. The normalized spacial score (nSPS) is 10.7. The molecule has 0 aliphatic heterocycles. The third-order valence-electron chi connectivity index (χ3n) is 3.90. The van der Waals surface area contributed by atoms with Crippen molar-refractivity contribution in [1.82, 2.24) is 4.57 Å². The summed E-state index contributed by atoms with van der Waals surface area (Å²) in [6.45, 7) is 8.19. The van der Waals surface area contributed by atoms with E-state index in [9.17, 15) is 4.79 Å². The number of aryl methyl sites for hydroxylation is 1. The van der Waals surface area contributed by atoms with Crippen LogP contribution in [-0.2, 0) is 0 Å². The van der Waals surface area contributed by atoms with Crippen molar-refractivity contribution in [1.29, 1.82) is 0 Å². The summed E-state index contributed by atoms with van der Waals surface area (Å²) < 4.78 is 12.6. The second-order valence-electron chi connectivity index (χ2n) is 5.77. The maximum Gasteiger partial charge on any atom is 0.257 e. The molecule has 0 fully saturated rings. The smallest absolute Gasteiger partial charge is 0.257 e. The Labute approximate surface area is 137 Å². The van der Waals surface area contributed by atoms with Crippen molar-refractivity contribution in [3.63, 3.8) is 0 Å². The van der Waals surface area contributed by atoms with Crippen molar-refractivity contribution >= 4 is 11.6 Å². The molecule has 0 saturated heterocycles. The highest BCUT2D eigenvalue weighted by Crippen LogP contribution is 2.30. The van der Waals surface area contributed by atoms with Gasteiger partial charge < -0.3 is 19.4 Å². The second-order valence-corrected chi connectivity index (χ2v) is 5.77. The molecule has 0 aliphatic carbocycles. The van der Waals surface area contributed by atoms with Gasteiger partial charge in [0.1, 0.15) is 11.5 Å². The number of benzene rings is 1. The minimum atomic E-state index is -0.145. The molecule has 5 heteroatoms. The van der Waals surface area contributed by atoms with Crippen LogP contribution < -0.4 is 14.8 Å². The van der Waals surface area contributed by atoms with Gasteiger partial charge in [0.2, 0.25) is 0 Å². The number of amides is 1. The number of nitrogens with zero attached hydrogens (tertiary/aromatic N) is 1. The number of methoxy groups -OCH3 is 2. The van der Waals surface area contributed by atoms with Crippen LogP contribution >= 0.6 is 0 Å². The van der Waals surface area contributed by atoms with Crippen LogP contribution in [0.25, 0.3) is 0 Å². The molecule has 1 aromatic heterocycles. The topological polar surface area (TPSA) is 52.5 Å². The van der Waals surface area contributed by atoms with E-state index in [2.05, 4.69) is 23.7 Å². The number of ether oxygens (including phenoxy) is 2. The molecule has 1 heterocycles. The highest BCUT2D eigenvalue weighted by atomic mass is 16.5. The lowest BCUT2D eigenvalue weighted by molar-refractivity contribution is 0.102. The molecule has 0 saturated carbocycles. The molecule has 0 aliphatic rings. The van der Waals surface area contributed by atoms with Crippen LogP contribution in [-0.4, -0.2) is 24.7 Å². The average molecular weight is 316 g/mol. The zero-order valence-electron chi connectivity index (χ0n) is 14.6. The Morgan fingerprint density at radius 3 is 2.35 bits per heavy atom. The lowest BCUT2D eigenvalue weighted by Crippen LogP contribution is -2.14. The Kier molecular flexibility index (Phi) is 4.98. The highest BCUT2D eigenvalue weighted by molar-refractivity contribution is 6.06. The van der Waals surface area contributed by atoms with Gasteiger partial charge in [-0.2, -0.15) is 0 Å². The van der Waals surface area contributed by atoms with Gasteiger partial charge in [-0.15, -0.1) is 0 Å². The number of anilines is 1. The molecule has 0 atom stereocenters. The van der Waals surface area contributed by atoms with Crippen LogP contribution in [0.4, 0.5) is 5.69 Å². The minimum Gasteiger partial charge on any atom is -0.497 e. The number of carbonyl (C=O) groups excluding carboxylic acids is 1. The monoisotopic (exact) mass is 316 g/mol. The third-order valence-corrected chi connectivity index (χ3v) is 3.90. The van der Waals surface area contributed by atoms with E-state index in [0.717, 1.165) is 11.4 Å². The Morgan fingerprint density at radius 2 is 1.83 bits per heavy atom. The van der Waals surface area contributed by atoms with Gasteiger partial charge in [-0.05, 0) is 45.9 Å². The molecule has 23 heavy (non-hydrogen) atoms. The van der Waals surface area contributed by atoms with Gasteiger partial charge in [0.15, 0.2) is 0 Å². The van der Waals surface area contributed by atoms with E-state index in [-0.39, 0.29) is 5.91 Å². The predicted octanol–water partition coefficient (Wildman–Crippen LogP) is 3.96. The fraction of sp³-hybridized carbons (Fsp3) is 0.389. The van der Waals surface area contributed by atoms with E-state index < -0.39 is 0 Å². The SMILES string of the molecule is COc1ccc(NC(=O)c2cc(C)n(C(C)C)c2C)c(OC)c1. The first-order valence-corrected chi connectivity index (χ1v) is 7.60. The summed E-state index contributed by atoms with van der Waals surface area (Å²) in [6.07, 6.45) is 0. The number of nitrogens with one attached hydrogen (secondary N) is 1. The number of rotatable bonds is 5. The van der Waals surface area contributed by atoms with Gasteiger partial charge in [-0.1, -0.05) is 0 Å². The van der Waals surface area contributed by atoms with E-state index in [1.165, 1.54) is 0 Å². The zero-order valence-corrected chi connectivity index (χ0v) is 14.6. The van der Waals surface area contributed by atoms with Gasteiger partial charge in [-0.3, -0.25) is 4.79 Å². The Balaban J connectivity index is 2.31. The summed E-state index contributed by atoms with van der Waals surface area (Å²) in [5.41, 5.74) is 3.33. The molecule has 124 valence electrons. The highest BCUT2D eigenvalue weighted by Gasteiger charge is 2.18. The van der Waals surface area contributed by atoms with Gasteiger partial charge in [0.05, 0.1) is 25.5 Å². The first kappa shape index (κ1) is 16.9. The van der Waals surface area contributed by atoms with Crippen LogP contribution in [0.5, 0.6) is 11.5 Å². The molecule has 0 radical (unpaired) electrons. The maximum absolute atomic E-state index is 12.6. The maximum atomic E-state index is 12.6. The van der Waals surface area contributed by atoms with Crippen LogP contribution in [0.2, 0.25) is 0 Å². The summed E-state index contributed by atoms with van der Waals surface area (Å²) in [5, 5.41) is 2.92. The molecule has 1 N–H and O–H groups in total. The summed E-state index contributed by atoms with van der Waals surface area (Å²) in [7, 11) is 3.16. The Morgan fingerprint density at radius 1 is 1.13 bits per heavy atom. The number of aromatic nitrogens is 1. The van der Waals surface area contributed by atoms with E-state index in [4.69, 9.17) is 9.47 Å². The molecule has 0 bridgehead atoms. The standard InChI is InChI=1S/C18H24N2O3/c1-11(2)20-12(3)9-15(13(20)4)18(21)19-16-8-7-14(22-5)10-17(16)23-6/h7-11H,1-6H3,(H,19,21).